The topological polar surface area (TPSA) is 92.7 Å². The van der Waals surface area contributed by atoms with Crippen LogP contribution in [0.1, 0.15) is 10.5 Å². The first-order valence-electron chi connectivity index (χ1n) is 7.72. The van der Waals surface area contributed by atoms with Crippen molar-refractivity contribution < 1.29 is 17.9 Å². The summed E-state index contributed by atoms with van der Waals surface area (Å²) in [4.78, 5) is 22.0. The van der Waals surface area contributed by atoms with Gasteiger partial charge in [0.25, 0.3) is 5.91 Å². The van der Waals surface area contributed by atoms with Crippen molar-refractivity contribution >= 4 is 15.9 Å². The van der Waals surface area contributed by atoms with Gasteiger partial charge in [0.15, 0.2) is 0 Å². The van der Waals surface area contributed by atoms with Gasteiger partial charge in [-0.1, -0.05) is 0 Å². The van der Waals surface area contributed by atoms with E-state index in [4.69, 9.17) is 4.74 Å². The summed E-state index contributed by atoms with van der Waals surface area (Å²) in [5.41, 5.74) is 0.258. The number of amides is 1. The third kappa shape index (κ3) is 3.62. The summed E-state index contributed by atoms with van der Waals surface area (Å²) in [6.45, 7) is 1.09. The van der Waals surface area contributed by atoms with E-state index in [2.05, 4.69) is 9.97 Å². The lowest BCUT2D eigenvalue weighted by Crippen LogP contribution is -2.50. The highest BCUT2D eigenvalue weighted by molar-refractivity contribution is 7.89. The number of carbonyl (C=O) groups excluding carboxylic acids is 1. The number of rotatable bonds is 4. The van der Waals surface area contributed by atoms with Gasteiger partial charge in [-0.2, -0.15) is 4.31 Å². The molecule has 0 spiro atoms. The Hall–Kier alpha value is -2.52. The molecule has 1 aliphatic heterocycles. The average molecular weight is 362 g/mol. The van der Waals surface area contributed by atoms with Crippen molar-refractivity contribution in [1.29, 1.82) is 0 Å². The predicted molar refractivity (Wildman–Crippen MR) is 89.7 cm³/mol. The molecule has 1 aromatic carbocycles. The van der Waals surface area contributed by atoms with E-state index < -0.39 is 10.0 Å². The summed E-state index contributed by atoms with van der Waals surface area (Å²) in [6, 6.07) is 6.26. The molecular formula is C16H18N4O4S. The van der Waals surface area contributed by atoms with Crippen LogP contribution in [0.5, 0.6) is 5.75 Å². The summed E-state index contributed by atoms with van der Waals surface area (Å²) in [6.07, 6.45) is 4.36. The van der Waals surface area contributed by atoms with Crippen LogP contribution in [-0.4, -0.2) is 66.8 Å². The molecule has 25 heavy (non-hydrogen) atoms. The number of nitrogens with zero attached hydrogens (tertiary/aromatic N) is 4. The lowest BCUT2D eigenvalue weighted by Gasteiger charge is -2.33. The number of aromatic nitrogens is 2. The molecule has 0 bridgehead atoms. The predicted octanol–water partition coefficient (Wildman–Crippen LogP) is 0.632. The summed E-state index contributed by atoms with van der Waals surface area (Å²) in [7, 11) is -2.06. The number of carbonyl (C=O) groups is 1. The molecule has 132 valence electrons. The van der Waals surface area contributed by atoms with Crippen LogP contribution < -0.4 is 4.74 Å². The molecule has 1 saturated heterocycles. The minimum absolute atomic E-state index is 0.210. The van der Waals surface area contributed by atoms with Gasteiger partial charge in [-0.25, -0.2) is 13.4 Å². The normalized spacial score (nSPS) is 15.8. The fourth-order valence-electron chi connectivity index (χ4n) is 2.60. The molecule has 0 saturated carbocycles. The Morgan fingerprint density at radius 2 is 1.76 bits per heavy atom. The maximum Gasteiger partial charge on any atom is 0.274 e. The Morgan fingerprint density at radius 1 is 1.08 bits per heavy atom. The highest BCUT2D eigenvalue weighted by Gasteiger charge is 2.30. The molecule has 3 rings (SSSR count). The van der Waals surface area contributed by atoms with Gasteiger partial charge in [-0.3, -0.25) is 9.78 Å². The van der Waals surface area contributed by atoms with Crippen molar-refractivity contribution in [3.63, 3.8) is 0 Å². The monoisotopic (exact) mass is 362 g/mol. The fraction of sp³-hybridized carbons (Fsp3) is 0.312. The van der Waals surface area contributed by atoms with Crippen molar-refractivity contribution in [2.75, 3.05) is 33.3 Å². The Balaban J connectivity index is 1.67. The van der Waals surface area contributed by atoms with Crippen LogP contribution in [0.3, 0.4) is 0 Å². The molecule has 0 unspecified atom stereocenters. The van der Waals surface area contributed by atoms with E-state index in [1.165, 1.54) is 42.1 Å². The average Bonchev–Trinajstić information content (AvgIpc) is 2.68. The van der Waals surface area contributed by atoms with Gasteiger partial charge in [0.2, 0.25) is 10.0 Å². The van der Waals surface area contributed by atoms with Crippen molar-refractivity contribution in [3.8, 4) is 5.75 Å². The fourth-order valence-corrected chi connectivity index (χ4v) is 4.02. The number of methoxy groups -OCH3 is 1. The van der Waals surface area contributed by atoms with E-state index in [-0.39, 0.29) is 29.6 Å². The third-order valence-electron chi connectivity index (χ3n) is 4.01. The number of hydrogen-bond donors (Lipinski definition) is 0. The van der Waals surface area contributed by atoms with E-state index in [0.29, 0.717) is 18.8 Å². The number of sulfonamides is 1. The second-order valence-electron chi connectivity index (χ2n) is 5.46. The number of hydrogen-bond acceptors (Lipinski definition) is 6. The molecule has 0 aliphatic carbocycles. The molecule has 9 heteroatoms. The number of benzene rings is 1. The van der Waals surface area contributed by atoms with Crippen LogP contribution in [0.2, 0.25) is 0 Å². The summed E-state index contributed by atoms with van der Waals surface area (Å²) in [5, 5.41) is 0. The van der Waals surface area contributed by atoms with Gasteiger partial charge in [0.05, 0.1) is 18.2 Å². The zero-order valence-corrected chi connectivity index (χ0v) is 14.5. The second kappa shape index (κ2) is 7.16. The largest absolute Gasteiger partial charge is 0.497 e. The molecule has 1 fully saturated rings. The molecule has 0 N–H and O–H groups in total. The Labute approximate surface area is 146 Å². The third-order valence-corrected chi connectivity index (χ3v) is 5.92. The smallest absolute Gasteiger partial charge is 0.274 e. The molecule has 0 radical (unpaired) electrons. The summed E-state index contributed by atoms with van der Waals surface area (Å²) >= 11 is 0. The van der Waals surface area contributed by atoms with Crippen LogP contribution in [-0.2, 0) is 10.0 Å². The van der Waals surface area contributed by atoms with E-state index in [1.807, 2.05) is 0 Å². The van der Waals surface area contributed by atoms with Crippen molar-refractivity contribution in [1.82, 2.24) is 19.2 Å². The number of ether oxygens (including phenoxy) is 1. The molecule has 2 aromatic rings. The maximum absolute atomic E-state index is 12.7. The van der Waals surface area contributed by atoms with Crippen molar-refractivity contribution in [3.05, 3.63) is 48.5 Å². The molecule has 1 aliphatic rings. The van der Waals surface area contributed by atoms with Gasteiger partial charge in [-0.05, 0) is 24.3 Å². The Morgan fingerprint density at radius 3 is 2.32 bits per heavy atom. The highest BCUT2D eigenvalue weighted by Crippen LogP contribution is 2.21. The van der Waals surface area contributed by atoms with Gasteiger partial charge >= 0.3 is 0 Å². The molecule has 1 aromatic heterocycles. The number of piperazine rings is 1. The van der Waals surface area contributed by atoms with Crippen LogP contribution >= 0.6 is 0 Å². The first-order valence-corrected chi connectivity index (χ1v) is 9.16. The van der Waals surface area contributed by atoms with Crippen LogP contribution in [0.15, 0.2) is 47.8 Å². The standard InChI is InChI=1S/C16H18N4O4S/c1-24-13-2-4-14(5-3-13)25(22,23)20-10-8-19(9-11-20)16(21)15-12-17-6-7-18-15/h2-7,12H,8-11H2,1H3. The zero-order valence-electron chi connectivity index (χ0n) is 13.7. The second-order valence-corrected chi connectivity index (χ2v) is 7.40. The molecule has 0 atom stereocenters. The quantitative estimate of drug-likeness (QED) is 0.792. The zero-order chi connectivity index (χ0) is 17.9. The summed E-state index contributed by atoms with van der Waals surface area (Å²) in [5.74, 6) is 0.355. The molecule has 1 amide bonds. The van der Waals surface area contributed by atoms with E-state index >= 15 is 0 Å². The van der Waals surface area contributed by atoms with E-state index in [1.54, 1.807) is 17.0 Å². The van der Waals surface area contributed by atoms with Gasteiger partial charge in [-0.15, -0.1) is 0 Å². The maximum atomic E-state index is 12.7. The van der Waals surface area contributed by atoms with Gasteiger partial charge < -0.3 is 9.64 Å². The van der Waals surface area contributed by atoms with Gasteiger partial charge in [0.1, 0.15) is 11.4 Å². The Kier molecular flexibility index (Phi) is 4.95. The van der Waals surface area contributed by atoms with Crippen LogP contribution in [0.4, 0.5) is 0 Å². The summed E-state index contributed by atoms with van der Waals surface area (Å²) < 4.78 is 31.8. The van der Waals surface area contributed by atoms with Crippen molar-refractivity contribution in [2.45, 2.75) is 4.90 Å². The Bertz CT molecular complexity index is 832. The molecular weight excluding hydrogens is 344 g/mol. The van der Waals surface area contributed by atoms with Crippen molar-refractivity contribution in [2.24, 2.45) is 0 Å². The molecule has 2 heterocycles. The van der Waals surface area contributed by atoms with Crippen LogP contribution in [0.25, 0.3) is 0 Å². The lowest BCUT2D eigenvalue weighted by molar-refractivity contribution is 0.0691. The minimum atomic E-state index is -3.59. The molecule has 8 nitrogen and oxygen atoms in total. The SMILES string of the molecule is COc1ccc(S(=O)(=O)N2CCN(C(=O)c3cnccn3)CC2)cc1. The van der Waals surface area contributed by atoms with E-state index in [9.17, 15) is 13.2 Å². The minimum Gasteiger partial charge on any atom is -0.497 e. The van der Waals surface area contributed by atoms with E-state index in [0.717, 1.165) is 0 Å². The van der Waals surface area contributed by atoms with Gasteiger partial charge in [0, 0.05) is 38.6 Å². The van der Waals surface area contributed by atoms with Crippen LogP contribution in [0, 0.1) is 0 Å². The first kappa shape index (κ1) is 17.3. The lowest BCUT2D eigenvalue weighted by atomic mass is 10.3. The highest BCUT2D eigenvalue weighted by atomic mass is 32.2. The first-order chi connectivity index (χ1) is 12.0.